The molecule has 1 atom stereocenters. The average molecular weight is 387 g/mol. The van der Waals surface area contributed by atoms with Crippen LogP contribution in [0.4, 0.5) is 17.2 Å². The van der Waals surface area contributed by atoms with Gasteiger partial charge in [-0.2, -0.15) is 0 Å². The van der Waals surface area contributed by atoms with Crippen molar-refractivity contribution in [3.63, 3.8) is 0 Å². The van der Waals surface area contributed by atoms with Crippen LogP contribution in [0.1, 0.15) is 6.92 Å². The van der Waals surface area contributed by atoms with Crippen molar-refractivity contribution >= 4 is 17.2 Å². The number of anilines is 3. The van der Waals surface area contributed by atoms with E-state index in [1.54, 1.807) is 12.4 Å². The van der Waals surface area contributed by atoms with Gasteiger partial charge in [-0.15, -0.1) is 0 Å². The normalized spacial score (nSPS) is 22.1. The predicted molar refractivity (Wildman–Crippen MR) is 115 cm³/mol. The van der Waals surface area contributed by atoms with Crippen LogP contribution in [0.3, 0.4) is 0 Å². The number of hydrogen-bond acceptors (Lipinski definition) is 6. The average Bonchev–Trinajstić information content (AvgIpc) is 2.80. The van der Waals surface area contributed by atoms with Crippen molar-refractivity contribution in [2.24, 2.45) is 0 Å². The van der Waals surface area contributed by atoms with Crippen LogP contribution >= 0.6 is 0 Å². The van der Waals surface area contributed by atoms with Crippen molar-refractivity contribution in [1.29, 1.82) is 0 Å². The van der Waals surface area contributed by atoms with Gasteiger partial charge in [0.2, 0.25) is 0 Å². The van der Waals surface area contributed by atoms with Crippen LogP contribution in [0.25, 0.3) is 0 Å². The molecule has 1 unspecified atom stereocenters. The topological polar surface area (TPSA) is 44.7 Å². The SMILES string of the molecule is CC1(N2CCN(c3cnccn3)CC2)CN(c2ccccc2)c2ccccc2O1. The van der Waals surface area contributed by atoms with Gasteiger partial charge in [-0.1, -0.05) is 30.3 Å². The second kappa shape index (κ2) is 7.37. The third kappa shape index (κ3) is 3.40. The van der Waals surface area contributed by atoms with Crippen molar-refractivity contribution in [3.8, 4) is 5.75 Å². The fourth-order valence-electron chi connectivity index (χ4n) is 4.28. The number of ether oxygens (including phenoxy) is 1. The van der Waals surface area contributed by atoms with Crippen molar-refractivity contribution in [2.45, 2.75) is 12.6 Å². The summed E-state index contributed by atoms with van der Waals surface area (Å²) in [5.41, 5.74) is 1.90. The van der Waals surface area contributed by atoms with E-state index < -0.39 is 5.72 Å². The van der Waals surface area contributed by atoms with E-state index in [4.69, 9.17) is 4.74 Å². The molecule has 0 bridgehead atoms. The molecule has 6 nitrogen and oxygen atoms in total. The van der Waals surface area contributed by atoms with Crippen LogP contribution in [0, 0.1) is 0 Å². The van der Waals surface area contributed by atoms with Crippen molar-refractivity contribution in [2.75, 3.05) is 42.5 Å². The maximum absolute atomic E-state index is 6.59. The molecule has 148 valence electrons. The Hall–Kier alpha value is -3.12. The molecule has 0 aliphatic carbocycles. The van der Waals surface area contributed by atoms with Gasteiger partial charge in [-0.3, -0.25) is 9.88 Å². The Bertz CT molecular complexity index is 959. The molecule has 2 aromatic carbocycles. The van der Waals surface area contributed by atoms with E-state index in [0.29, 0.717) is 0 Å². The minimum Gasteiger partial charge on any atom is -0.469 e. The lowest BCUT2D eigenvalue weighted by Gasteiger charge is -2.50. The second-order valence-corrected chi connectivity index (χ2v) is 7.70. The summed E-state index contributed by atoms with van der Waals surface area (Å²) in [5, 5.41) is 0. The van der Waals surface area contributed by atoms with Gasteiger partial charge in [0.25, 0.3) is 0 Å². The molecule has 5 rings (SSSR count). The third-order valence-electron chi connectivity index (χ3n) is 5.83. The summed E-state index contributed by atoms with van der Waals surface area (Å²) >= 11 is 0. The van der Waals surface area contributed by atoms with Crippen LogP contribution < -0.4 is 14.5 Å². The highest BCUT2D eigenvalue weighted by Gasteiger charge is 2.42. The lowest BCUT2D eigenvalue weighted by molar-refractivity contribution is -0.0708. The van der Waals surface area contributed by atoms with Gasteiger partial charge < -0.3 is 14.5 Å². The Labute approximate surface area is 171 Å². The number of benzene rings is 2. The van der Waals surface area contributed by atoms with Crippen LogP contribution in [-0.2, 0) is 0 Å². The van der Waals surface area contributed by atoms with E-state index in [0.717, 1.165) is 50.0 Å². The lowest BCUT2D eigenvalue weighted by Crippen LogP contribution is -2.63. The molecule has 6 heteroatoms. The first-order chi connectivity index (χ1) is 14.2. The first kappa shape index (κ1) is 17.9. The van der Waals surface area contributed by atoms with Crippen LogP contribution in [0.15, 0.2) is 73.2 Å². The number of piperazine rings is 1. The number of rotatable bonds is 3. The maximum atomic E-state index is 6.59. The quantitative estimate of drug-likeness (QED) is 0.685. The van der Waals surface area contributed by atoms with Crippen LogP contribution in [0.5, 0.6) is 5.75 Å². The number of fused-ring (bicyclic) bond motifs is 1. The van der Waals surface area contributed by atoms with E-state index in [9.17, 15) is 0 Å². The highest BCUT2D eigenvalue weighted by atomic mass is 16.5. The predicted octanol–water partition coefficient (Wildman–Crippen LogP) is 3.55. The van der Waals surface area contributed by atoms with Gasteiger partial charge in [0.05, 0.1) is 18.4 Å². The summed E-state index contributed by atoms with van der Waals surface area (Å²) in [7, 11) is 0. The Morgan fingerprint density at radius 1 is 0.897 bits per heavy atom. The summed E-state index contributed by atoms with van der Waals surface area (Å²) in [6, 6.07) is 18.9. The second-order valence-electron chi connectivity index (χ2n) is 7.70. The van der Waals surface area contributed by atoms with Gasteiger partial charge >= 0.3 is 0 Å². The molecule has 2 aliphatic rings. The van der Waals surface area contributed by atoms with Crippen molar-refractivity contribution in [1.82, 2.24) is 14.9 Å². The number of hydrogen-bond donors (Lipinski definition) is 0. The zero-order chi connectivity index (χ0) is 19.7. The number of aromatic nitrogens is 2. The largest absolute Gasteiger partial charge is 0.469 e. The molecular weight excluding hydrogens is 362 g/mol. The van der Waals surface area contributed by atoms with Gasteiger partial charge in [0.1, 0.15) is 11.6 Å². The first-order valence-electron chi connectivity index (χ1n) is 10.1. The fraction of sp³-hybridized carbons (Fsp3) is 0.304. The minimum absolute atomic E-state index is 0.404. The molecule has 0 saturated carbocycles. The molecule has 0 amide bonds. The zero-order valence-corrected chi connectivity index (χ0v) is 16.6. The first-order valence-corrected chi connectivity index (χ1v) is 10.1. The van der Waals surface area contributed by atoms with E-state index in [-0.39, 0.29) is 0 Å². The zero-order valence-electron chi connectivity index (χ0n) is 16.6. The molecule has 29 heavy (non-hydrogen) atoms. The molecule has 1 saturated heterocycles. The molecule has 3 aromatic rings. The van der Waals surface area contributed by atoms with Crippen molar-refractivity contribution < 1.29 is 4.74 Å². The minimum atomic E-state index is -0.404. The number of nitrogens with zero attached hydrogens (tertiary/aromatic N) is 5. The molecule has 0 radical (unpaired) electrons. The van der Waals surface area contributed by atoms with Crippen LogP contribution in [0.2, 0.25) is 0 Å². The molecular formula is C23H25N5O. The Morgan fingerprint density at radius 2 is 1.66 bits per heavy atom. The fourth-order valence-corrected chi connectivity index (χ4v) is 4.28. The monoisotopic (exact) mass is 387 g/mol. The van der Waals surface area contributed by atoms with Gasteiger partial charge in [0, 0.05) is 44.3 Å². The summed E-state index contributed by atoms with van der Waals surface area (Å²) in [4.78, 5) is 15.8. The van der Waals surface area contributed by atoms with Gasteiger partial charge in [-0.25, -0.2) is 4.98 Å². The summed E-state index contributed by atoms with van der Waals surface area (Å²) in [5.74, 6) is 1.87. The smallest absolute Gasteiger partial charge is 0.178 e. The summed E-state index contributed by atoms with van der Waals surface area (Å²) in [6.45, 7) is 6.63. The molecule has 0 spiro atoms. The third-order valence-corrected chi connectivity index (χ3v) is 5.83. The highest BCUT2D eigenvalue weighted by molar-refractivity contribution is 5.70. The molecule has 1 fully saturated rings. The van der Waals surface area contributed by atoms with Gasteiger partial charge in [0.15, 0.2) is 5.72 Å². The Morgan fingerprint density at radius 3 is 2.41 bits per heavy atom. The summed E-state index contributed by atoms with van der Waals surface area (Å²) in [6.07, 6.45) is 5.30. The Kier molecular flexibility index (Phi) is 4.56. The van der Waals surface area contributed by atoms with E-state index in [1.165, 1.54) is 5.69 Å². The van der Waals surface area contributed by atoms with E-state index in [2.05, 4.69) is 80.1 Å². The highest BCUT2D eigenvalue weighted by Crippen LogP contribution is 2.42. The number of para-hydroxylation sites is 3. The van der Waals surface area contributed by atoms with E-state index in [1.807, 2.05) is 12.3 Å². The summed E-state index contributed by atoms with van der Waals surface area (Å²) < 4.78 is 6.59. The lowest BCUT2D eigenvalue weighted by atomic mass is 10.1. The molecule has 1 aromatic heterocycles. The van der Waals surface area contributed by atoms with Crippen LogP contribution in [-0.4, -0.2) is 53.3 Å². The van der Waals surface area contributed by atoms with Gasteiger partial charge in [-0.05, 0) is 31.2 Å². The molecule has 0 N–H and O–H groups in total. The maximum Gasteiger partial charge on any atom is 0.178 e. The standard InChI is InChI=1S/C23H25N5O/c1-23(27-15-13-26(14-16-27)22-17-24-11-12-25-22)18-28(19-7-3-2-4-8-19)20-9-5-6-10-21(20)29-23/h2-12,17H,13-16,18H2,1H3. The van der Waals surface area contributed by atoms with Crippen molar-refractivity contribution in [3.05, 3.63) is 73.2 Å². The molecule has 2 aliphatic heterocycles. The van der Waals surface area contributed by atoms with E-state index >= 15 is 0 Å². The Balaban J connectivity index is 1.39. The molecule has 3 heterocycles.